The molecule has 2 heterocycles. The van der Waals surface area contributed by atoms with Gasteiger partial charge in [-0.3, -0.25) is 4.90 Å². The van der Waals surface area contributed by atoms with Crippen molar-refractivity contribution in [3.8, 4) is 0 Å². The predicted octanol–water partition coefficient (Wildman–Crippen LogP) is 7.55. The van der Waals surface area contributed by atoms with E-state index in [1.807, 2.05) is 37.3 Å². The number of hydrogen-bond acceptors (Lipinski definition) is 4. The number of fused-ring (bicyclic) bond motifs is 3. The summed E-state index contributed by atoms with van der Waals surface area (Å²) in [6, 6.07) is 33.3. The second-order valence-corrected chi connectivity index (χ2v) is 11.7. The minimum atomic E-state index is -0.838. The van der Waals surface area contributed by atoms with Gasteiger partial charge in [0.15, 0.2) is 0 Å². The van der Waals surface area contributed by atoms with Crippen LogP contribution >= 0.6 is 0 Å². The lowest BCUT2D eigenvalue weighted by Gasteiger charge is -2.43. The molecule has 1 amide bonds. The van der Waals surface area contributed by atoms with Crippen molar-refractivity contribution in [2.24, 2.45) is 0 Å². The highest BCUT2D eigenvalue weighted by molar-refractivity contribution is 5.82. The number of hydrogen-bond donors (Lipinski definition) is 1. The van der Waals surface area contributed by atoms with Gasteiger partial charge in [-0.05, 0) is 65.3 Å². The van der Waals surface area contributed by atoms with E-state index in [1.54, 1.807) is 4.90 Å². The molecule has 6 heteroatoms. The van der Waals surface area contributed by atoms with Crippen molar-refractivity contribution in [1.29, 1.82) is 0 Å². The van der Waals surface area contributed by atoms with Crippen molar-refractivity contribution < 1.29 is 24.1 Å². The van der Waals surface area contributed by atoms with Crippen molar-refractivity contribution in [3.05, 3.63) is 119 Å². The summed E-state index contributed by atoms with van der Waals surface area (Å²) in [5.41, 5.74) is 4.56. The summed E-state index contributed by atoms with van der Waals surface area (Å²) < 4.78 is 18.5. The first-order chi connectivity index (χ1) is 20.5. The molecule has 2 aliphatic rings. The molecule has 2 fully saturated rings. The van der Waals surface area contributed by atoms with E-state index in [9.17, 15) is 9.90 Å². The van der Waals surface area contributed by atoms with Crippen LogP contribution in [0.4, 0.5) is 4.79 Å². The monoisotopic (exact) mass is 565 g/mol. The van der Waals surface area contributed by atoms with E-state index in [0.717, 1.165) is 36.0 Å². The fourth-order valence-electron chi connectivity index (χ4n) is 6.60. The standard InChI is InChI=1S/C36H39NO5/c1-25(41-23-26-7-3-2-4-8-26)21-40-22-27-11-15-30(16-12-27)33-20-32-17-18-34(37(32)36(38)39)35(33)42-24-28-13-14-29-9-5-6-10-31(29)19-28/h2-16,19,25,32-35H,17-18,20-24H2,1H3,(H,38,39). The normalized spacial score (nSPS) is 22.4. The second-order valence-electron chi connectivity index (χ2n) is 11.7. The average molecular weight is 566 g/mol. The van der Waals surface area contributed by atoms with Crippen molar-refractivity contribution in [1.82, 2.24) is 4.90 Å². The molecular weight excluding hydrogens is 526 g/mol. The summed E-state index contributed by atoms with van der Waals surface area (Å²) in [5, 5.41) is 12.4. The number of carboxylic acid groups (broad SMARTS) is 1. The Balaban J connectivity index is 1.09. The molecule has 218 valence electrons. The fraction of sp³-hybridized carbons (Fsp3) is 0.361. The van der Waals surface area contributed by atoms with Gasteiger partial charge in [0.05, 0.1) is 44.7 Å². The largest absolute Gasteiger partial charge is 0.465 e. The summed E-state index contributed by atoms with van der Waals surface area (Å²) in [6.07, 6.45) is 1.47. The van der Waals surface area contributed by atoms with Crippen LogP contribution in [0.2, 0.25) is 0 Å². The quantitative estimate of drug-likeness (QED) is 0.203. The van der Waals surface area contributed by atoms with Gasteiger partial charge in [-0.25, -0.2) is 4.79 Å². The number of amides is 1. The molecule has 2 bridgehead atoms. The van der Waals surface area contributed by atoms with E-state index in [0.29, 0.717) is 26.4 Å². The van der Waals surface area contributed by atoms with Gasteiger partial charge < -0.3 is 19.3 Å². The van der Waals surface area contributed by atoms with Crippen molar-refractivity contribution >= 4 is 16.9 Å². The van der Waals surface area contributed by atoms with Crippen molar-refractivity contribution in [3.63, 3.8) is 0 Å². The summed E-state index contributed by atoms with van der Waals surface area (Å²) >= 11 is 0. The Kier molecular flexibility index (Phi) is 8.84. The maximum absolute atomic E-state index is 12.2. The molecule has 0 aliphatic carbocycles. The maximum atomic E-state index is 12.2. The van der Waals surface area contributed by atoms with Gasteiger partial charge >= 0.3 is 6.09 Å². The third-order valence-electron chi connectivity index (χ3n) is 8.73. The lowest BCUT2D eigenvalue weighted by molar-refractivity contribution is -0.0534. The smallest absolute Gasteiger partial charge is 0.407 e. The summed E-state index contributed by atoms with van der Waals surface area (Å²) in [4.78, 5) is 13.8. The SMILES string of the molecule is CC(COCc1ccc(C2CC3CCC(C2OCc2ccc4ccccc4c2)N3C(=O)O)cc1)OCc1ccccc1. The number of carbonyl (C=O) groups is 1. The van der Waals surface area contributed by atoms with Crippen LogP contribution in [0.25, 0.3) is 10.8 Å². The van der Waals surface area contributed by atoms with Crippen molar-refractivity contribution in [2.75, 3.05) is 6.61 Å². The molecule has 2 aliphatic heterocycles. The Morgan fingerprint density at radius 1 is 0.833 bits per heavy atom. The minimum absolute atomic E-state index is 0.000107. The second kappa shape index (κ2) is 13.1. The number of ether oxygens (including phenoxy) is 3. The van der Waals surface area contributed by atoms with Crippen LogP contribution < -0.4 is 0 Å². The van der Waals surface area contributed by atoms with Crippen LogP contribution in [0.15, 0.2) is 97.1 Å². The van der Waals surface area contributed by atoms with Gasteiger partial charge in [-0.2, -0.15) is 0 Å². The number of rotatable bonds is 11. The van der Waals surface area contributed by atoms with Crippen LogP contribution in [-0.4, -0.2) is 47.0 Å². The highest BCUT2D eigenvalue weighted by Crippen LogP contribution is 2.45. The van der Waals surface area contributed by atoms with Gasteiger partial charge in [-0.15, -0.1) is 0 Å². The molecular formula is C36H39NO5. The first-order valence-corrected chi connectivity index (χ1v) is 15.0. The summed E-state index contributed by atoms with van der Waals surface area (Å²) in [5.74, 6) is 0.139. The van der Waals surface area contributed by atoms with E-state index in [-0.39, 0.29) is 30.2 Å². The highest BCUT2D eigenvalue weighted by Gasteiger charge is 2.50. The molecule has 0 aromatic heterocycles. The van der Waals surface area contributed by atoms with Crippen LogP contribution in [0.5, 0.6) is 0 Å². The van der Waals surface area contributed by atoms with E-state index in [1.165, 1.54) is 16.3 Å². The first-order valence-electron chi connectivity index (χ1n) is 15.0. The lowest BCUT2D eigenvalue weighted by atomic mass is 9.82. The van der Waals surface area contributed by atoms with E-state index in [2.05, 4.69) is 66.7 Å². The molecule has 0 radical (unpaired) electrons. The predicted molar refractivity (Wildman–Crippen MR) is 163 cm³/mol. The van der Waals surface area contributed by atoms with E-state index >= 15 is 0 Å². The van der Waals surface area contributed by atoms with Gasteiger partial charge in [-0.1, -0.05) is 91.0 Å². The fourth-order valence-corrected chi connectivity index (χ4v) is 6.60. The van der Waals surface area contributed by atoms with Crippen molar-refractivity contribution in [2.45, 2.75) is 76.2 Å². The maximum Gasteiger partial charge on any atom is 0.407 e. The zero-order valence-corrected chi connectivity index (χ0v) is 24.1. The Morgan fingerprint density at radius 3 is 2.33 bits per heavy atom. The molecule has 6 nitrogen and oxygen atoms in total. The number of piperidine rings is 1. The summed E-state index contributed by atoms with van der Waals surface area (Å²) in [7, 11) is 0. The highest BCUT2D eigenvalue weighted by atomic mass is 16.5. The van der Waals surface area contributed by atoms with Crippen LogP contribution in [0.1, 0.15) is 54.4 Å². The molecule has 1 N–H and O–H groups in total. The molecule has 2 saturated heterocycles. The zero-order chi connectivity index (χ0) is 28.9. The molecule has 6 rings (SSSR count). The minimum Gasteiger partial charge on any atom is -0.465 e. The molecule has 5 atom stereocenters. The number of benzene rings is 4. The molecule has 4 aromatic carbocycles. The molecule has 4 aromatic rings. The average Bonchev–Trinajstić information content (AvgIpc) is 3.35. The Labute approximate surface area is 247 Å². The van der Waals surface area contributed by atoms with Gasteiger partial charge in [0.1, 0.15) is 0 Å². The van der Waals surface area contributed by atoms with Crippen LogP contribution in [0, 0.1) is 0 Å². The van der Waals surface area contributed by atoms with Gasteiger partial charge in [0, 0.05) is 12.0 Å². The van der Waals surface area contributed by atoms with E-state index in [4.69, 9.17) is 14.2 Å². The van der Waals surface area contributed by atoms with E-state index < -0.39 is 6.09 Å². The molecule has 5 unspecified atom stereocenters. The molecule has 42 heavy (non-hydrogen) atoms. The molecule has 0 saturated carbocycles. The Hall–Kier alpha value is -3.71. The Morgan fingerprint density at radius 2 is 1.55 bits per heavy atom. The first kappa shape index (κ1) is 28.4. The third kappa shape index (κ3) is 6.51. The third-order valence-corrected chi connectivity index (χ3v) is 8.73. The topological polar surface area (TPSA) is 68.2 Å². The molecule has 0 spiro atoms. The Bertz CT molecular complexity index is 1470. The summed E-state index contributed by atoms with van der Waals surface area (Å²) in [6.45, 7) is 4.10. The van der Waals surface area contributed by atoms with Gasteiger partial charge in [0.25, 0.3) is 0 Å². The lowest BCUT2D eigenvalue weighted by Crippen LogP contribution is -2.53. The number of nitrogens with zero attached hydrogens (tertiary/aromatic N) is 1. The van der Waals surface area contributed by atoms with Crippen LogP contribution in [0.3, 0.4) is 0 Å². The van der Waals surface area contributed by atoms with Gasteiger partial charge in [0.2, 0.25) is 0 Å². The van der Waals surface area contributed by atoms with Crippen LogP contribution in [-0.2, 0) is 34.0 Å². The zero-order valence-electron chi connectivity index (χ0n) is 24.1.